The molecule has 2 aliphatic rings. The van der Waals surface area contributed by atoms with Crippen molar-refractivity contribution in [3.05, 3.63) is 53.7 Å². The zero-order valence-corrected chi connectivity index (χ0v) is 18.9. The van der Waals surface area contributed by atoms with Crippen LogP contribution in [0.3, 0.4) is 0 Å². The molecule has 4 aromatic rings. The third-order valence-corrected chi connectivity index (χ3v) is 6.57. The van der Waals surface area contributed by atoms with Crippen molar-refractivity contribution in [1.29, 1.82) is 0 Å². The van der Waals surface area contributed by atoms with Crippen LogP contribution >= 0.6 is 0 Å². The van der Waals surface area contributed by atoms with Crippen LogP contribution in [0.25, 0.3) is 22.2 Å². The summed E-state index contributed by atoms with van der Waals surface area (Å²) in [5, 5.41) is 11.0. The smallest absolute Gasteiger partial charge is 0.401 e. The lowest BCUT2D eigenvalue weighted by atomic mass is 10.0. The van der Waals surface area contributed by atoms with E-state index >= 15 is 0 Å². The quantitative estimate of drug-likeness (QED) is 0.396. The van der Waals surface area contributed by atoms with Crippen molar-refractivity contribution < 1.29 is 31.6 Å². The highest BCUT2D eigenvalue weighted by molar-refractivity contribution is 5.91. The summed E-state index contributed by atoms with van der Waals surface area (Å²) in [6.45, 7) is 2.57. The van der Waals surface area contributed by atoms with Gasteiger partial charge in [-0.2, -0.15) is 13.2 Å². The minimum absolute atomic E-state index is 0.00623. The van der Waals surface area contributed by atoms with E-state index < -0.39 is 23.3 Å². The molecule has 6 rings (SSSR count). The van der Waals surface area contributed by atoms with Crippen LogP contribution in [0, 0.1) is 5.82 Å². The van der Waals surface area contributed by atoms with E-state index in [1.54, 1.807) is 16.9 Å². The lowest BCUT2D eigenvalue weighted by Crippen LogP contribution is -2.28. The molecule has 4 heterocycles. The van der Waals surface area contributed by atoms with E-state index in [1.807, 2.05) is 13.0 Å². The van der Waals surface area contributed by atoms with Gasteiger partial charge in [0.05, 0.1) is 18.4 Å². The first kappa shape index (κ1) is 22.5. The number of rotatable bonds is 5. The maximum absolute atomic E-state index is 14.9. The highest BCUT2D eigenvalue weighted by Crippen LogP contribution is 2.59. The van der Waals surface area contributed by atoms with Gasteiger partial charge in [0.25, 0.3) is 0 Å². The summed E-state index contributed by atoms with van der Waals surface area (Å²) in [4.78, 5) is 16.7. The fraction of sp³-hybridized carbons (Fsp3) is 0.333. The van der Waals surface area contributed by atoms with Gasteiger partial charge in [0.15, 0.2) is 17.2 Å². The summed E-state index contributed by atoms with van der Waals surface area (Å²) in [6, 6.07) is 7.34. The minimum atomic E-state index is -4.46. The van der Waals surface area contributed by atoms with Gasteiger partial charge < -0.3 is 14.6 Å². The van der Waals surface area contributed by atoms with Crippen molar-refractivity contribution in [2.75, 3.05) is 5.32 Å². The van der Waals surface area contributed by atoms with E-state index in [0.29, 0.717) is 29.2 Å². The Hall–Kier alpha value is -3.96. The summed E-state index contributed by atoms with van der Waals surface area (Å²) < 4.78 is 67.0. The van der Waals surface area contributed by atoms with E-state index in [9.17, 15) is 22.4 Å². The van der Waals surface area contributed by atoms with E-state index in [-0.39, 0.29) is 42.5 Å². The van der Waals surface area contributed by atoms with Crippen molar-refractivity contribution in [2.24, 2.45) is 0 Å². The third kappa shape index (κ3) is 3.67. The molecule has 1 saturated carbocycles. The molecule has 1 aliphatic heterocycles. The van der Waals surface area contributed by atoms with Crippen LogP contribution in [0.15, 0.2) is 41.1 Å². The number of pyridine rings is 1. The number of carbonyl (C=O) groups excluding carboxylic acids is 1. The topological polar surface area (TPSA) is 95.1 Å². The Morgan fingerprint density at radius 1 is 1.22 bits per heavy atom. The maximum Gasteiger partial charge on any atom is 0.401 e. The van der Waals surface area contributed by atoms with E-state index in [1.165, 1.54) is 12.1 Å². The minimum Gasteiger partial charge on any atom is -0.472 e. The molecule has 0 bridgehead atoms. The summed E-state index contributed by atoms with van der Waals surface area (Å²) in [7, 11) is 0. The Bertz CT molecular complexity index is 1510. The second-order valence-electron chi connectivity index (χ2n) is 9.20. The van der Waals surface area contributed by atoms with Crippen LogP contribution in [0.2, 0.25) is 0 Å². The normalized spacial score (nSPS) is 18.2. The first-order valence-electron chi connectivity index (χ1n) is 11.3. The van der Waals surface area contributed by atoms with Gasteiger partial charge in [0.2, 0.25) is 11.8 Å². The van der Waals surface area contributed by atoms with Crippen molar-refractivity contribution in [1.82, 2.24) is 19.9 Å². The number of fused-ring (bicyclic) bond motifs is 3. The number of hydrogen-bond donors (Lipinski definition) is 1. The molecule has 1 amide bonds. The lowest BCUT2D eigenvalue weighted by molar-refractivity contribution is -0.165. The molecule has 0 saturated heterocycles. The van der Waals surface area contributed by atoms with Crippen molar-refractivity contribution in [2.45, 2.75) is 50.4 Å². The summed E-state index contributed by atoms with van der Waals surface area (Å²) in [5.41, 5.74) is -0.172. The van der Waals surface area contributed by atoms with Gasteiger partial charge in [-0.1, -0.05) is 17.3 Å². The second-order valence-corrected chi connectivity index (χ2v) is 9.20. The van der Waals surface area contributed by atoms with Crippen molar-refractivity contribution >= 4 is 22.8 Å². The highest BCUT2D eigenvalue weighted by atomic mass is 19.4. The molecule has 3 aromatic heterocycles. The summed E-state index contributed by atoms with van der Waals surface area (Å²) in [5.74, 6) is -1.10. The molecule has 0 spiro atoms. The van der Waals surface area contributed by atoms with Crippen LogP contribution in [0.5, 0.6) is 5.88 Å². The maximum atomic E-state index is 14.9. The van der Waals surface area contributed by atoms with Gasteiger partial charge in [0.1, 0.15) is 17.3 Å². The Morgan fingerprint density at radius 3 is 2.75 bits per heavy atom. The number of anilines is 1. The van der Waals surface area contributed by atoms with Crippen LogP contribution in [0.4, 0.5) is 23.4 Å². The number of ether oxygens (including phenoxy) is 1. The van der Waals surface area contributed by atoms with Crippen LogP contribution < -0.4 is 10.1 Å². The van der Waals surface area contributed by atoms with Crippen LogP contribution in [-0.2, 0) is 23.2 Å². The van der Waals surface area contributed by atoms with Gasteiger partial charge in [-0.25, -0.2) is 14.1 Å². The van der Waals surface area contributed by atoms with Gasteiger partial charge in [-0.05, 0) is 43.0 Å². The molecule has 1 aromatic carbocycles. The SMILES string of the molecule is CC1Cn2nc3ncc(-c4ccc(CC(=O)Nc5cc(C6(C(F)(F)F)CC6)on5)c(F)c4)cc3c2O1. The number of aromatic nitrogens is 4. The number of benzene rings is 1. The number of nitrogens with one attached hydrogen (secondary N) is 1. The average Bonchev–Trinajstić information content (AvgIpc) is 3.23. The molecule has 186 valence electrons. The molecular formula is C24H19F4N5O3. The van der Waals surface area contributed by atoms with Gasteiger partial charge in [0, 0.05) is 17.8 Å². The zero-order valence-electron chi connectivity index (χ0n) is 18.9. The Morgan fingerprint density at radius 2 is 2.03 bits per heavy atom. The zero-order chi connectivity index (χ0) is 25.2. The molecule has 0 radical (unpaired) electrons. The molecule has 1 aliphatic carbocycles. The Labute approximate surface area is 201 Å². The Balaban J connectivity index is 1.17. The van der Waals surface area contributed by atoms with Crippen molar-refractivity contribution in [3.63, 3.8) is 0 Å². The number of alkyl halides is 3. The van der Waals surface area contributed by atoms with E-state index in [4.69, 9.17) is 9.26 Å². The van der Waals surface area contributed by atoms with Gasteiger partial charge >= 0.3 is 6.18 Å². The fourth-order valence-electron chi connectivity index (χ4n) is 4.46. The van der Waals surface area contributed by atoms with E-state index in [2.05, 4.69) is 20.6 Å². The molecule has 1 N–H and O–H groups in total. The predicted molar refractivity (Wildman–Crippen MR) is 119 cm³/mol. The highest BCUT2D eigenvalue weighted by Gasteiger charge is 2.66. The molecule has 1 unspecified atom stereocenters. The van der Waals surface area contributed by atoms with Crippen LogP contribution in [0.1, 0.15) is 31.1 Å². The second kappa shape index (κ2) is 7.77. The molecule has 8 nitrogen and oxygen atoms in total. The van der Waals surface area contributed by atoms with Crippen LogP contribution in [-0.4, -0.2) is 38.1 Å². The van der Waals surface area contributed by atoms with Crippen molar-refractivity contribution in [3.8, 4) is 17.0 Å². The number of amides is 1. The largest absolute Gasteiger partial charge is 0.472 e. The molecule has 36 heavy (non-hydrogen) atoms. The monoisotopic (exact) mass is 501 g/mol. The lowest BCUT2D eigenvalue weighted by Gasteiger charge is -2.14. The van der Waals surface area contributed by atoms with E-state index in [0.717, 1.165) is 11.5 Å². The number of carbonyl (C=O) groups is 1. The molecule has 1 fully saturated rings. The Kier molecular flexibility index (Phi) is 4.86. The number of nitrogens with zero attached hydrogens (tertiary/aromatic N) is 4. The fourth-order valence-corrected chi connectivity index (χ4v) is 4.46. The molecule has 1 atom stereocenters. The third-order valence-electron chi connectivity index (χ3n) is 6.57. The molecular weight excluding hydrogens is 482 g/mol. The predicted octanol–water partition coefficient (Wildman–Crippen LogP) is 4.78. The standard InChI is InChI=1S/C24H19F4N5O3/c1-12-11-33-22(35-12)16-6-15(10-29-21(16)31-33)13-2-3-14(17(25)7-13)8-20(34)30-19-9-18(36-32-19)23(4-5-23)24(26,27)28/h2-3,6-7,9-10,12H,4-5,8,11H2,1H3,(H,30,32,34). The average molecular weight is 501 g/mol. The molecule has 12 heteroatoms. The number of hydrogen-bond acceptors (Lipinski definition) is 6. The first-order chi connectivity index (χ1) is 17.1. The van der Waals surface area contributed by atoms with Gasteiger partial charge in [-0.3, -0.25) is 4.79 Å². The van der Waals surface area contributed by atoms with Gasteiger partial charge in [-0.15, -0.1) is 5.10 Å². The summed E-state index contributed by atoms with van der Waals surface area (Å²) in [6.07, 6.45) is -3.37. The number of halogens is 4. The first-order valence-corrected chi connectivity index (χ1v) is 11.3. The summed E-state index contributed by atoms with van der Waals surface area (Å²) >= 11 is 0.